The van der Waals surface area contributed by atoms with Crippen molar-refractivity contribution in [2.75, 3.05) is 17.7 Å². The van der Waals surface area contributed by atoms with Gasteiger partial charge in [0.1, 0.15) is 23.8 Å². The Morgan fingerprint density at radius 1 is 1.00 bits per heavy atom. The molecule has 126 valence electrons. The summed E-state index contributed by atoms with van der Waals surface area (Å²) in [6.45, 7) is 0. The van der Waals surface area contributed by atoms with E-state index in [4.69, 9.17) is 4.74 Å². The average Bonchev–Trinajstić information content (AvgIpc) is 2.64. The van der Waals surface area contributed by atoms with Crippen LogP contribution in [0.15, 0.2) is 60.9 Å². The van der Waals surface area contributed by atoms with Gasteiger partial charge in [-0.1, -0.05) is 12.1 Å². The number of hydrogen-bond donors (Lipinski definition) is 2. The van der Waals surface area contributed by atoms with E-state index < -0.39 is 5.97 Å². The molecule has 0 fully saturated rings. The molecular weight excluding hydrogens is 323 g/mol. The van der Waals surface area contributed by atoms with Crippen LogP contribution in [0, 0.1) is 5.82 Å². The number of rotatable bonds is 5. The van der Waals surface area contributed by atoms with Gasteiger partial charge in [-0.3, -0.25) is 0 Å². The molecule has 0 radical (unpaired) electrons. The normalized spacial score (nSPS) is 10.2. The summed E-state index contributed by atoms with van der Waals surface area (Å²) in [6, 6.07) is 14.6. The Bertz CT molecular complexity index is 884. The number of ether oxygens (including phenoxy) is 1. The molecule has 0 aliphatic carbocycles. The number of para-hydroxylation sites is 1. The minimum absolute atomic E-state index is 0.310. The molecule has 25 heavy (non-hydrogen) atoms. The third-order valence-corrected chi connectivity index (χ3v) is 3.38. The van der Waals surface area contributed by atoms with Crippen LogP contribution in [0.5, 0.6) is 0 Å². The lowest BCUT2D eigenvalue weighted by atomic mass is 10.2. The molecule has 0 bridgehead atoms. The predicted octanol–water partition coefficient (Wildman–Crippen LogP) is 3.89. The van der Waals surface area contributed by atoms with Gasteiger partial charge >= 0.3 is 5.97 Å². The first kappa shape index (κ1) is 16.4. The standard InChI is InChI=1S/C18H15FN4O2/c1-25-18(24)14-4-2-3-5-15(14)23-17-10-16(20-11-21-17)22-13-8-6-12(19)7-9-13/h2-11H,1H3,(H2,20,21,22,23). The van der Waals surface area contributed by atoms with Crippen LogP contribution in [0.4, 0.5) is 27.4 Å². The monoisotopic (exact) mass is 338 g/mol. The van der Waals surface area contributed by atoms with E-state index in [-0.39, 0.29) is 5.82 Å². The molecule has 6 nitrogen and oxygen atoms in total. The number of anilines is 4. The molecule has 2 N–H and O–H groups in total. The quantitative estimate of drug-likeness (QED) is 0.687. The molecule has 1 heterocycles. The van der Waals surface area contributed by atoms with E-state index in [1.807, 2.05) is 0 Å². The van der Waals surface area contributed by atoms with Gasteiger partial charge in [0.05, 0.1) is 18.4 Å². The molecule has 0 amide bonds. The van der Waals surface area contributed by atoms with Crippen LogP contribution in [-0.2, 0) is 4.74 Å². The first-order valence-electron chi connectivity index (χ1n) is 7.45. The molecule has 0 saturated heterocycles. The Labute approximate surface area is 143 Å². The first-order valence-corrected chi connectivity index (χ1v) is 7.45. The van der Waals surface area contributed by atoms with Gasteiger partial charge in [-0.05, 0) is 36.4 Å². The van der Waals surface area contributed by atoms with E-state index in [2.05, 4.69) is 20.6 Å². The molecule has 0 aliphatic rings. The molecule has 1 aromatic heterocycles. The Hall–Kier alpha value is -3.48. The third-order valence-electron chi connectivity index (χ3n) is 3.38. The van der Waals surface area contributed by atoms with Crippen LogP contribution in [0.3, 0.4) is 0 Å². The number of benzene rings is 2. The zero-order valence-electron chi connectivity index (χ0n) is 13.4. The van der Waals surface area contributed by atoms with E-state index >= 15 is 0 Å². The van der Waals surface area contributed by atoms with E-state index in [1.165, 1.54) is 25.6 Å². The molecule has 3 rings (SSSR count). The first-order chi connectivity index (χ1) is 12.2. The van der Waals surface area contributed by atoms with Crippen LogP contribution in [-0.4, -0.2) is 23.0 Å². The minimum Gasteiger partial charge on any atom is -0.465 e. The second kappa shape index (κ2) is 7.39. The topological polar surface area (TPSA) is 76.1 Å². The molecule has 0 unspecified atom stereocenters. The summed E-state index contributed by atoms with van der Waals surface area (Å²) in [7, 11) is 1.33. The molecule has 3 aromatic rings. The van der Waals surface area contributed by atoms with Crippen molar-refractivity contribution in [1.29, 1.82) is 0 Å². The molecule has 7 heteroatoms. The Kier molecular flexibility index (Phi) is 4.84. The highest BCUT2D eigenvalue weighted by Crippen LogP contribution is 2.22. The number of aromatic nitrogens is 2. The van der Waals surface area contributed by atoms with Gasteiger partial charge in [-0.25, -0.2) is 19.2 Å². The Morgan fingerprint density at radius 3 is 2.40 bits per heavy atom. The maximum Gasteiger partial charge on any atom is 0.339 e. The number of nitrogens with one attached hydrogen (secondary N) is 2. The maximum absolute atomic E-state index is 13.0. The summed E-state index contributed by atoms with van der Waals surface area (Å²) < 4.78 is 17.7. The van der Waals surface area contributed by atoms with E-state index in [0.717, 1.165) is 0 Å². The highest BCUT2D eigenvalue weighted by Gasteiger charge is 2.11. The zero-order valence-corrected chi connectivity index (χ0v) is 13.4. The number of nitrogens with zero attached hydrogens (tertiary/aromatic N) is 2. The highest BCUT2D eigenvalue weighted by molar-refractivity contribution is 5.96. The van der Waals surface area contributed by atoms with Crippen molar-refractivity contribution in [3.05, 3.63) is 72.3 Å². The summed E-state index contributed by atoms with van der Waals surface area (Å²) >= 11 is 0. The van der Waals surface area contributed by atoms with E-state index in [9.17, 15) is 9.18 Å². The van der Waals surface area contributed by atoms with Crippen molar-refractivity contribution in [2.24, 2.45) is 0 Å². The van der Waals surface area contributed by atoms with Gasteiger partial charge in [0.2, 0.25) is 0 Å². The van der Waals surface area contributed by atoms with Crippen molar-refractivity contribution in [3.63, 3.8) is 0 Å². The minimum atomic E-state index is -0.443. The fraction of sp³-hybridized carbons (Fsp3) is 0.0556. The van der Waals surface area contributed by atoms with Crippen molar-refractivity contribution < 1.29 is 13.9 Å². The van der Waals surface area contributed by atoms with Crippen molar-refractivity contribution in [1.82, 2.24) is 9.97 Å². The van der Waals surface area contributed by atoms with Gasteiger partial charge in [0, 0.05) is 11.8 Å². The fourth-order valence-electron chi connectivity index (χ4n) is 2.19. The molecular formula is C18H15FN4O2. The summed E-state index contributed by atoms with van der Waals surface area (Å²) in [4.78, 5) is 20.1. The second-order valence-electron chi connectivity index (χ2n) is 5.08. The van der Waals surface area contributed by atoms with Crippen molar-refractivity contribution in [2.45, 2.75) is 0 Å². The average molecular weight is 338 g/mol. The summed E-state index contributed by atoms with van der Waals surface area (Å²) in [5, 5.41) is 6.13. The smallest absolute Gasteiger partial charge is 0.339 e. The summed E-state index contributed by atoms with van der Waals surface area (Å²) in [5.41, 5.74) is 1.67. The number of hydrogen-bond acceptors (Lipinski definition) is 6. The predicted molar refractivity (Wildman–Crippen MR) is 92.8 cm³/mol. The lowest BCUT2D eigenvalue weighted by Crippen LogP contribution is -2.06. The van der Waals surface area contributed by atoms with Crippen LogP contribution >= 0.6 is 0 Å². The number of carbonyl (C=O) groups excluding carboxylic acids is 1. The van der Waals surface area contributed by atoms with Crippen molar-refractivity contribution >= 4 is 29.0 Å². The van der Waals surface area contributed by atoms with Gasteiger partial charge in [-0.2, -0.15) is 0 Å². The maximum atomic E-state index is 13.0. The number of carbonyl (C=O) groups is 1. The van der Waals surface area contributed by atoms with Crippen LogP contribution in [0.25, 0.3) is 0 Å². The van der Waals surface area contributed by atoms with Gasteiger partial charge in [0.25, 0.3) is 0 Å². The lowest BCUT2D eigenvalue weighted by Gasteiger charge is -2.11. The second-order valence-corrected chi connectivity index (χ2v) is 5.08. The van der Waals surface area contributed by atoms with Crippen LogP contribution in [0.1, 0.15) is 10.4 Å². The van der Waals surface area contributed by atoms with Gasteiger partial charge in [0.15, 0.2) is 0 Å². The van der Waals surface area contributed by atoms with E-state index in [0.29, 0.717) is 28.6 Å². The van der Waals surface area contributed by atoms with Gasteiger partial charge in [-0.15, -0.1) is 0 Å². The molecule has 0 atom stereocenters. The van der Waals surface area contributed by atoms with Crippen LogP contribution < -0.4 is 10.6 Å². The van der Waals surface area contributed by atoms with Crippen LogP contribution in [0.2, 0.25) is 0 Å². The summed E-state index contributed by atoms with van der Waals surface area (Å²) in [5.74, 6) is 0.271. The number of esters is 1. The van der Waals surface area contributed by atoms with E-state index in [1.54, 1.807) is 42.5 Å². The molecule has 0 saturated carbocycles. The number of methoxy groups -OCH3 is 1. The molecule has 0 spiro atoms. The zero-order chi connectivity index (χ0) is 17.6. The highest BCUT2D eigenvalue weighted by atomic mass is 19.1. The Morgan fingerprint density at radius 2 is 1.68 bits per heavy atom. The Balaban J connectivity index is 1.81. The van der Waals surface area contributed by atoms with Gasteiger partial charge < -0.3 is 15.4 Å². The summed E-state index contributed by atoms with van der Waals surface area (Å²) in [6.07, 6.45) is 1.38. The fourth-order valence-corrected chi connectivity index (χ4v) is 2.19. The third kappa shape index (κ3) is 4.08. The number of halogens is 1. The largest absolute Gasteiger partial charge is 0.465 e. The van der Waals surface area contributed by atoms with Crippen molar-refractivity contribution in [3.8, 4) is 0 Å². The molecule has 2 aromatic carbocycles. The SMILES string of the molecule is COC(=O)c1ccccc1Nc1cc(Nc2ccc(F)cc2)ncn1. The molecule has 0 aliphatic heterocycles. The lowest BCUT2D eigenvalue weighted by molar-refractivity contribution is 0.0602.